The molecule has 146 valence electrons. The zero-order valence-electron chi connectivity index (χ0n) is 16.3. The van der Waals surface area contributed by atoms with Crippen LogP contribution in [0.1, 0.15) is 37.9 Å². The molecule has 6 nitrogen and oxygen atoms in total. The quantitative estimate of drug-likeness (QED) is 0.572. The fourth-order valence-electron chi connectivity index (χ4n) is 2.79. The van der Waals surface area contributed by atoms with Gasteiger partial charge in [-0.15, -0.1) is 10.2 Å². The van der Waals surface area contributed by atoms with Crippen molar-refractivity contribution in [2.45, 2.75) is 38.5 Å². The molecule has 1 atom stereocenters. The molecule has 3 aromatic rings. The molecule has 0 saturated heterocycles. The van der Waals surface area contributed by atoms with Crippen molar-refractivity contribution in [3.8, 4) is 11.5 Å². The van der Waals surface area contributed by atoms with Crippen LogP contribution in [0.4, 0.5) is 0 Å². The van der Waals surface area contributed by atoms with E-state index in [1.165, 1.54) is 17.3 Å². The summed E-state index contributed by atoms with van der Waals surface area (Å²) < 4.78 is 5.59. The highest BCUT2D eigenvalue weighted by Crippen LogP contribution is 2.23. The summed E-state index contributed by atoms with van der Waals surface area (Å²) in [6.07, 6.45) is 4.39. The second kappa shape index (κ2) is 9.50. The minimum atomic E-state index is -0.0765. The Kier molecular flexibility index (Phi) is 6.81. The Morgan fingerprint density at radius 1 is 1.07 bits per heavy atom. The van der Waals surface area contributed by atoms with Crippen LogP contribution in [0.5, 0.6) is 0 Å². The molecule has 2 aromatic heterocycles. The Hall–Kier alpha value is -2.67. The lowest BCUT2D eigenvalue weighted by molar-refractivity contribution is -0.119. The van der Waals surface area contributed by atoms with Crippen molar-refractivity contribution in [3.05, 3.63) is 59.9 Å². The summed E-state index contributed by atoms with van der Waals surface area (Å²) in [6.45, 7) is 6.39. The number of benzene rings is 1. The smallest absolute Gasteiger partial charge is 0.277 e. The maximum absolute atomic E-state index is 12.3. The van der Waals surface area contributed by atoms with Crippen LogP contribution in [0, 0.1) is 5.92 Å². The highest BCUT2D eigenvalue weighted by Gasteiger charge is 2.13. The van der Waals surface area contributed by atoms with Gasteiger partial charge in [0.1, 0.15) is 0 Å². The fraction of sp³-hybridized carbons (Fsp3) is 0.333. The van der Waals surface area contributed by atoms with Gasteiger partial charge in [-0.05, 0) is 42.5 Å². The third kappa shape index (κ3) is 5.66. The number of carbonyl (C=O) groups excluding carboxylic acids is 1. The SMILES string of the molecule is CC(C)Cc1ccc(C(C)NC(=O)CSc2nnc(-c3ccncc3)o2)cc1. The fourth-order valence-corrected chi connectivity index (χ4v) is 3.36. The zero-order chi connectivity index (χ0) is 19.9. The average molecular weight is 397 g/mol. The number of carbonyl (C=O) groups is 1. The monoisotopic (exact) mass is 396 g/mol. The molecular formula is C21H24N4O2S. The lowest BCUT2D eigenvalue weighted by Crippen LogP contribution is -2.28. The summed E-state index contributed by atoms with van der Waals surface area (Å²) >= 11 is 1.22. The van der Waals surface area contributed by atoms with Crippen molar-refractivity contribution in [2.75, 3.05) is 5.75 Å². The van der Waals surface area contributed by atoms with Gasteiger partial charge in [0.25, 0.3) is 5.22 Å². The minimum absolute atomic E-state index is 0.0590. The number of aromatic nitrogens is 3. The third-order valence-electron chi connectivity index (χ3n) is 4.16. The van der Waals surface area contributed by atoms with Gasteiger partial charge < -0.3 is 9.73 Å². The molecule has 0 aliphatic heterocycles. The first-order chi connectivity index (χ1) is 13.5. The predicted molar refractivity (Wildman–Crippen MR) is 110 cm³/mol. The summed E-state index contributed by atoms with van der Waals surface area (Å²) in [5, 5.41) is 11.4. The molecule has 0 aliphatic carbocycles. The van der Waals surface area contributed by atoms with Crippen LogP contribution < -0.4 is 5.32 Å². The summed E-state index contributed by atoms with van der Waals surface area (Å²) in [6, 6.07) is 11.9. The lowest BCUT2D eigenvalue weighted by Gasteiger charge is -2.15. The first kappa shape index (κ1) is 20.1. The van der Waals surface area contributed by atoms with Gasteiger partial charge in [-0.3, -0.25) is 9.78 Å². The number of amides is 1. The van der Waals surface area contributed by atoms with Crippen molar-refractivity contribution in [3.63, 3.8) is 0 Å². The van der Waals surface area contributed by atoms with Crippen molar-refractivity contribution < 1.29 is 9.21 Å². The normalized spacial score (nSPS) is 12.1. The Morgan fingerprint density at radius 3 is 2.46 bits per heavy atom. The second-order valence-electron chi connectivity index (χ2n) is 7.03. The molecule has 0 saturated carbocycles. The molecule has 2 heterocycles. The second-order valence-corrected chi connectivity index (χ2v) is 7.95. The number of hydrogen-bond acceptors (Lipinski definition) is 6. The van der Waals surface area contributed by atoms with E-state index in [0.29, 0.717) is 17.0 Å². The molecule has 1 unspecified atom stereocenters. The van der Waals surface area contributed by atoms with Crippen LogP contribution in [0.3, 0.4) is 0 Å². The molecule has 1 amide bonds. The highest BCUT2D eigenvalue weighted by atomic mass is 32.2. The summed E-state index contributed by atoms with van der Waals surface area (Å²) in [4.78, 5) is 16.2. The minimum Gasteiger partial charge on any atom is -0.411 e. The topological polar surface area (TPSA) is 80.9 Å². The number of hydrogen-bond donors (Lipinski definition) is 1. The van der Waals surface area contributed by atoms with E-state index in [2.05, 4.69) is 58.6 Å². The van der Waals surface area contributed by atoms with E-state index in [0.717, 1.165) is 17.5 Å². The molecule has 3 rings (SSSR count). The third-order valence-corrected chi connectivity index (χ3v) is 4.98. The molecule has 0 spiro atoms. The molecule has 0 fully saturated rings. The van der Waals surface area contributed by atoms with Crippen LogP contribution >= 0.6 is 11.8 Å². The van der Waals surface area contributed by atoms with Crippen LogP contribution in [0.25, 0.3) is 11.5 Å². The first-order valence-corrected chi connectivity index (χ1v) is 10.2. The summed E-state index contributed by atoms with van der Waals surface area (Å²) in [5.74, 6) is 1.18. The molecular weight excluding hydrogens is 372 g/mol. The van der Waals surface area contributed by atoms with Crippen LogP contribution in [-0.4, -0.2) is 26.8 Å². The van der Waals surface area contributed by atoms with Crippen LogP contribution in [0.15, 0.2) is 58.4 Å². The molecule has 1 N–H and O–H groups in total. The van der Waals surface area contributed by atoms with E-state index < -0.39 is 0 Å². The van der Waals surface area contributed by atoms with Crippen molar-refractivity contribution in [1.29, 1.82) is 0 Å². The van der Waals surface area contributed by atoms with E-state index in [-0.39, 0.29) is 17.7 Å². The van der Waals surface area contributed by atoms with Crippen LogP contribution in [-0.2, 0) is 11.2 Å². The molecule has 0 aliphatic rings. The Balaban J connectivity index is 1.49. The van der Waals surface area contributed by atoms with Gasteiger partial charge in [0.15, 0.2) is 0 Å². The standard InChI is InChI=1S/C21H24N4O2S/c1-14(2)12-16-4-6-17(7-5-16)15(3)23-19(26)13-28-21-25-24-20(27-21)18-8-10-22-11-9-18/h4-11,14-15H,12-13H2,1-3H3,(H,23,26). The number of rotatable bonds is 8. The summed E-state index contributed by atoms with van der Waals surface area (Å²) in [7, 11) is 0. The van der Waals surface area contributed by atoms with Gasteiger partial charge in [0.05, 0.1) is 11.8 Å². The maximum atomic E-state index is 12.3. The van der Waals surface area contributed by atoms with Gasteiger partial charge >= 0.3 is 0 Å². The van der Waals surface area contributed by atoms with Gasteiger partial charge in [0.2, 0.25) is 11.8 Å². The van der Waals surface area contributed by atoms with Crippen molar-refractivity contribution in [2.24, 2.45) is 5.92 Å². The average Bonchev–Trinajstić information content (AvgIpc) is 3.16. The maximum Gasteiger partial charge on any atom is 0.277 e. The molecule has 0 radical (unpaired) electrons. The van der Waals surface area contributed by atoms with E-state index in [1.807, 2.05) is 6.92 Å². The number of thioether (sulfide) groups is 1. The van der Waals surface area contributed by atoms with Crippen molar-refractivity contribution >= 4 is 17.7 Å². The number of nitrogens with zero attached hydrogens (tertiary/aromatic N) is 3. The molecule has 28 heavy (non-hydrogen) atoms. The zero-order valence-corrected chi connectivity index (χ0v) is 17.1. The first-order valence-electron chi connectivity index (χ1n) is 9.26. The Morgan fingerprint density at radius 2 is 1.79 bits per heavy atom. The van der Waals surface area contributed by atoms with Gasteiger partial charge in [0, 0.05) is 18.0 Å². The largest absolute Gasteiger partial charge is 0.411 e. The number of pyridine rings is 1. The Bertz CT molecular complexity index is 894. The molecule has 7 heteroatoms. The van der Waals surface area contributed by atoms with E-state index in [9.17, 15) is 4.79 Å². The predicted octanol–water partition coefficient (Wildman–Crippen LogP) is 4.30. The van der Waals surface area contributed by atoms with Crippen LogP contribution in [0.2, 0.25) is 0 Å². The van der Waals surface area contributed by atoms with E-state index in [4.69, 9.17) is 4.42 Å². The number of nitrogens with one attached hydrogen (secondary N) is 1. The van der Waals surface area contributed by atoms with Gasteiger partial charge in [-0.25, -0.2) is 0 Å². The Labute approximate surface area is 169 Å². The van der Waals surface area contributed by atoms with Gasteiger partial charge in [-0.1, -0.05) is 49.9 Å². The molecule has 1 aromatic carbocycles. The van der Waals surface area contributed by atoms with E-state index in [1.54, 1.807) is 24.5 Å². The van der Waals surface area contributed by atoms with Crippen molar-refractivity contribution in [1.82, 2.24) is 20.5 Å². The highest BCUT2D eigenvalue weighted by molar-refractivity contribution is 7.99. The molecule has 0 bridgehead atoms. The van der Waals surface area contributed by atoms with E-state index >= 15 is 0 Å². The van der Waals surface area contributed by atoms with Gasteiger partial charge in [-0.2, -0.15) is 0 Å². The summed E-state index contributed by atoms with van der Waals surface area (Å²) in [5.41, 5.74) is 3.20. The lowest BCUT2D eigenvalue weighted by atomic mass is 10.00.